The summed E-state index contributed by atoms with van der Waals surface area (Å²) in [6.07, 6.45) is 3.76. The first kappa shape index (κ1) is 9.91. The molecule has 0 fully saturated rings. The van der Waals surface area contributed by atoms with Crippen LogP contribution in [0.4, 0.5) is 0 Å². The lowest BCUT2D eigenvalue weighted by Gasteiger charge is -2.12. The average molecular weight is 214 g/mol. The van der Waals surface area contributed by atoms with Gasteiger partial charge in [-0.3, -0.25) is 0 Å². The molecule has 1 aliphatic carbocycles. The van der Waals surface area contributed by atoms with E-state index in [0.29, 0.717) is 0 Å². The molecule has 1 heterocycles. The highest BCUT2D eigenvalue weighted by Crippen LogP contribution is 2.32. The third-order valence-electron chi connectivity index (χ3n) is 3.51. The molecular weight excluding hydrogens is 196 g/mol. The Morgan fingerprint density at radius 1 is 1.31 bits per heavy atom. The molecule has 0 amide bonds. The fourth-order valence-corrected chi connectivity index (χ4v) is 2.92. The van der Waals surface area contributed by atoms with Crippen LogP contribution < -0.4 is 5.73 Å². The normalized spacial score (nSPS) is 16.6. The van der Waals surface area contributed by atoms with E-state index in [9.17, 15) is 0 Å². The molecular formula is C14H18N2. The van der Waals surface area contributed by atoms with E-state index in [2.05, 4.69) is 35.8 Å². The van der Waals surface area contributed by atoms with Crippen molar-refractivity contribution in [3.63, 3.8) is 0 Å². The van der Waals surface area contributed by atoms with Crippen LogP contribution in [0.25, 0.3) is 10.9 Å². The zero-order valence-corrected chi connectivity index (χ0v) is 9.74. The molecule has 1 aromatic heterocycles. The first-order valence-electron chi connectivity index (χ1n) is 6.12. The van der Waals surface area contributed by atoms with E-state index in [4.69, 9.17) is 5.73 Å². The van der Waals surface area contributed by atoms with Crippen molar-refractivity contribution in [2.24, 2.45) is 5.73 Å². The fourth-order valence-electron chi connectivity index (χ4n) is 2.92. The second kappa shape index (κ2) is 3.63. The molecule has 2 heteroatoms. The van der Waals surface area contributed by atoms with Crippen molar-refractivity contribution in [3.8, 4) is 0 Å². The number of aromatic nitrogens is 1. The van der Waals surface area contributed by atoms with Crippen molar-refractivity contribution in [2.45, 2.75) is 38.8 Å². The van der Waals surface area contributed by atoms with Gasteiger partial charge in [0.25, 0.3) is 0 Å². The molecule has 1 atom stereocenters. The molecule has 0 radical (unpaired) electrons. The fraction of sp³-hybridized carbons (Fsp3) is 0.429. The molecule has 2 nitrogen and oxygen atoms in total. The maximum absolute atomic E-state index is 5.95. The minimum absolute atomic E-state index is 0.223. The third-order valence-corrected chi connectivity index (χ3v) is 3.51. The van der Waals surface area contributed by atoms with Gasteiger partial charge in [-0.2, -0.15) is 0 Å². The number of hydrogen-bond acceptors (Lipinski definition) is 1. The quantitative estimate of drug-likeness (QED) is 0.818. The summed E-state index contributed by atoms with van der Waals surface area (Å²) >= 11 is 0. The van der Waals surface area contributed by atoms with Gasteiger partial charge in [-0.05, 0) is 37.8 Å². The third kappa shape index (κ3) is 1.37. The molecule has 0 spiro atoms. The topological polar surface area (TPSA) is 30.9 Å². The number of nitrogens with zero attached hydrogens (tertiary/aromatic N) is 1. The zero-order valence-electron chi connectivity index (χ0n) is 9.74. The predicted molar refractivity (Wildman–Crippen MR) is 67.6 cm³/mol. The Morgan fingerprint density at radius 3 is 2.94 bits per heavy atom. The van der Waals surface area contributed by atoms with Gasteiger partial charge in [0.2, 0.25) is 0 Å². The van der Waals surface area contributed by atoms with Crippen LogP contribution in [0.2, 0.25) is 0 Å². The van der Waals surface area contributed by atoms with Crippen LogP contribution in [0.3, 0.4) is 0 Å². The Bertz CT molecular complexity index is 523. The summed E-state index contributed by atoms with van der Waals surface area (Å²) in [6.45, 7) is 3.02. The summed E-state index contributed by atoms with van der Waals surface area (Å²) in [5.41, 5.74) is 10.4. The molecule has 0 aliphatic heterocycles. The second-order valence-corrected chi connectivity index (χ2v) is 4.88. The van der Waals surface area contributed by atoms with Crippen LogP contribution in [-0.4, -0.2) is 10.6 Å². The van der Waals surface area contributed by atoms with E-state index >= 15 is 0 Å². The van der Waals surface area contributed by atoms with Gasteiger partial charge in [0.15, 0.2) is 0 Å². The van der Waals surface area contributed by atoms with Gasteiger partial charge in [0.05, 0.1) is 0 Å². The van der Waals surface area contributed by atoms with Crippen LogP contribution >= 0.6 is 0 Å². The Morgan fingerprint density at radius 2 is 2.12 bits per heavy atom. The molecule has 2 N–H and O–H groups in total. The summed E-state index contributed by atoms with van der Waals surface area (Å²) < 4.78 is 2.43. The van der Waals surface area contributed by atoms with E-state index < -0.39 is 0 Å². The monoisotopic (exact) mass is 214 g/mol. The number of nitrogens with two attached hydrogens (primary N) is 1. The summed E-state index contributed by atoms with van der Waals surface area (Å²) in [5.74, 6) is 0. The molecule has 1 aliphatic rings. The van der Waals surface area contributed by atoms with Crippen molar-refractivity contribution < 1.29 is 0 Å². The lowest BCUT2D eigenvalue weighted by atomic mass is 10.1. The maximum atomic E-state index is 5.95. The van der Waals surface area contributed by atoms with Gasteiger partial charge in [0, 0.05) is 29.2 Å². The Labute approximate surface area is 96.1 Å². The molecule has 0 unspecified atom stereocenters. The van der Waals surface area contributed by atoms with Gasteiger partial charge in [-0.1, -0.05) is 18.2 Å². The highest BCUT2D eigenvalue weighted by molar-refractivity contribution is 5.86. The summed E-state index contributed by atoms with van der Waals surface area (Å²) in [4.78, 5) is 0. The van der Waals surface area contributed by atoms with Crippen molar-refractivity contribution >= 4 is 10.9 Å². The number of rotatable bonds is 2. The largest absolute Gasteiger partial charge is 0.343 e. The van der Waals surface area contributed by atoms with Crippen LogP contribution in [0, 0.1) is 0 Å². The van der Waals surface area contributed by atoms with E-state index in [1.165, 1.54) is 35.9 Å². The SMILES string of the molecule is C[C@H](N)Cn1c2c(c3ccccc31)CCC2. The molecule has 3 rings (SSSR count). The predicted octanol–water partition coefficient (Wildman–Crippen LogP) is 2.48. The Hall–Kier alpha value is -1.28. The summed E-state index contributed by atoms with van der Waals surface area (Å²) in [5, 5.41) is 1.44. The standard InChI is InChI=1S/C14H18N2/c1-10(15)9-16-13-7-3-2-5-11(13)12-6-4-8-14(12)16/h2-3,5,7,10H,4,6,8-9,15H2,1H3/t10-/m0/s1. The minimum Gasteiger partial charge on any atom is -0.343 e. The number of fused-ring (bicyclic) bond motifs is 3. The molecule has 0 saturated carbocycles. The van der Waals surface area contributed by atoms with Crippen molar-refractivity contribution in [3.05, 3.63) is 35.5 Å². The zero-order chi connectivity index (χ0) is 11.1. The van der Waals surface area contributed by atoms with Crippen LogP contribution in [0.1, 0.15) is 24.6 Å². The molecule has 2 aromatic rings. The van der Waals surface area contributed by atoms with Gasteiger partial charge in [-0.15, -0.1) is 0 Å². The number of hydrogen-bond donors (Lipinski definition) is 1. The van der Waals surface area contributed by atoms with E-state index in [1.807, 2.05) is 0 Å². The van der Waals surface area contributed by atoms with Crippen LogP contribution in [-0.2, 0) is 19.4 Å². The first-order valence-corrected chi connectivity index (χ1v) is 6.12. The average Bonchev–Trinajstić information content (AvgIpc) is 2.82. The van der Waals surface area contributed by atoms with Gasteiger partial charge in [-0.25, -0.2) is 0 Å². The number of aryl methyl sites for hydroxylation is 1. The van der Waals surface area contributed by atoms with Crippen molar-refractivity contribution in [1.82, 2.24) is 4.57 Å². The minimum atomic E-state index is 0.223. The Kier molecular flexibility index (Phi) is 2.25. The first-order chi connectivity index (χ1) is 7.77. The van der Waals surface area contributed by atoms with E-state index in [-0.39, 0.29) is 6.04 Å². The number of benzene rings is 1. The van der Waals surface area contributed by atoms with Crippen LogP contribution in [0.5, 0.6) is 0 Å². The van der Waals surface area contributed by atoms with Gasteiger partial charge >= 0.3 is 0 Å². The highest BCUT2D eigenvalue weighted by Gasteiger charge is 2.21. The molecule has 0 bridgehead atoms. The molecule has 0 saturated heterocycles. The van der Waals surface area contributed by atoms with Crippen LogP contribution in [0.15, 0.2) is 24.3 Å². The lowest BCUT2D eigenvalue weighted by Crippen LogP contribution is -2.22. The van der Waals surface area contributed by atoms with Crippen molar-refractivity contribution in [1.29, 1.82) is 0 Å². The number of para-hydroxylation sites is 1. The maximum Gasteiger partial charge on any atom is 0.0485 e. The van der Waals surface area contributed by atoms with Gasteiger partial charge in [0.1, 0.15) is 0 Å². The van der Waals surface area contributed by atoms with E-state index in [1.54, 1.807) is 5.56 Å². The smallest absolute Gasteiger partial charge is 0.0485 e. The highest BCUT2D eigenvalue weighted by atomic mass is 15.0. The molecule has 16 heavy (non-hydrogen) atoms. The lowest BCUT2D eigenvalue weighted by molar-refractivity contribution is 0.588. The second-order valence-electron chi connectivity index (χ2n) is 4.88. The van der Waals surface area contributed by atoms with Gasteiger partial charge < -0.3 is 10.3 Å². The van der Waals surface area contributed by atoms with Crippen molar-refractivity contribution in [2.75, 3.05) is 0 Å². The Balaban J connectivity index is 2.25. The summed E-state index contributed by atoms with van der Waals surface area (Å²) in [6, 6.07) is 8.94. The molecule has 1 aromatic carbocycles. The molecule has 84 valence electrons. The van der Waals surface area contributed by atoms with E-state index in [0.717, 1.165) is 6.54 Å². The summed E-state index contributed by atoms with van der Waals surface area (Å²) in [7, 11) is 0.